The van der Waals surface area contributed by atoms with Gasteiger partial charge < -0.3 is 4.90 Å². The number of fused-ring (bicyclic) bond motifs is 5. The molecule has 0 saturated carbocycles. The van der Waals surface area contributed by atoms with Crippen molar-refractivity contribution in [2.75, 3.05) is 4.90 Å². The van der Waals surface area contributed by atoms with Crippen LogP contribution in [0, 0.1) is 0 Å². The van der Waals surface area contributed by atoms with E-state index >= 15 is 0 Å². The maximum Gasteiger partial charge on any atom is 0.0554 e. The molecule has 0 aliphatic heterocycles. The second kappa shape index (κ2) is 12.7. The van der Waals surface area contributed by atoms with Crippen LogP contribution in [0.4, 0.5) is 17.1 Å². The Morgan fingerprint density at radius 3 is 1.83 bits per heavy atom. The highest BCUT2D eigenvalue weighted by Crippen LogP contribution is 2.46. The summed E-state index contributed by atoms with van der Waals surface area (Å²) >= 11 is 1.86. The Kier molecular flexibility index (Phi) is 7.41. The Hall–Kier alpha value is -6.48. The fraction of sp³-hybridized carbons (Fsp3) is 0. The van der Waals surface area contributed by atoms with Gasteiger partial charge in [-0.1, -0.05) is 140 Å². The Morgan fingerprint density at radius 1 is 0.327 bits per heavy atom. The van der Waals surface area contributed by atoms with Crippen LogP contribution in [0.1, 0.15) is 0 Å². The third kappa shape index (κ3) is 5.33. The molecular formula is C50H33NS. The van der Waals surface area contributed by atoms with Crippen molar-refractivity contribution in [1.82, 2.24) is 0 Å². The van der Waals surface area contributed by atoms with Crippen molar-refractivity contribution in [3.63, 3.8) is 0 Å². The molecule has 0 spiro atoms. The molecule has 0 aliphatic rings. The minimum Gasteiger partial charge on any atom is -0.310 e. The van der Waals surface area contributed by atoms with E-state index in [0.29, 0.717) is 0 Å². The average Bonchev–Trinajstić information content (AvgIpc) is 3.61. The molecule has 0 aliphatic carbocycles. The maximum atomic E-state index is 2.44. The summed E-state index contributed by atoms with van der Waals surface area (Å²) in [6, 6.07) is 73.0. The van der Waals surface area contributed by atoms with E-state index in [2.05, 4.69) is 205 Å². The first kappa shape index (κ1) is 30.4. The third-order valence-corrected chi connectivity index (χ3v) is 11.4. The highest BCUT2D eigenvalue weighted by Gasteiger charge is 2.19. The van der Waals surface area contributed by atoms with Gasteiger partial charge in [0.1, 0.15) is 0 Å². The molecule has 0 fully saturated rings. The monoisotopic (exact) mass is 679 g/mol. The minimum absolute atomic E-state index is 1.12. The maximum absolute atomic E-state index is 2.44. The first-order chi connectivity index (χ1) is 25.8. The van der Waals surface area contributed by atoms with E-state index in [-0.39, 0.29) is 0 Å². The molecule has 52 heavy (non-hydrogen) atoms. The van der Waals surface area contributed by atoms with Crippen molar-refractivity contribution in [3.05, 3.63) is 200 Å². The zero-order chi connectivity index (χ0) is 34.4. The lowest BCUT2D eigenvalue weighted by molar-refractivity contribution is 1.30. The largest absolute Gasteiger partial charge is 0.310 e. The van der Waals surface area contributed by atoms with E-state index in [1.54, 1.807) is 0 Å². The van der Waals surface area contributed by atoms with Crippen molar-refractivity contribution in [2.24, 2.45) is 0 Å². The molecular weight excluding hydrogens is 647 g/mol. The number of nitrogens with zero attached hydrogens (tertiary/aromatic N) is 1. The van der Waals surface area contributed by atoms with E-state index in [1.165, 1.54) is 80.8 Å². The minimum atomic E-state index is 1.12. The molecule has 0 unspecified atom stereocenters. The van der Waals surface area contributed by atoms with E-state index in [9.17, 15) is 0 Å². The van der Waals surface area contributed by atoms with Crippen LogP contribution in [-0.2, 0) is 0 Å². The van der Waals surface area contributed by atoms with Gasteiger partial charge in [-0.2, -0.15) is 0 Å². The molecule has 0 bridgehead atoms. The molecule has 0 saturated heterocycles. The summed E-state index contributed by atoms with van der Waals surface area (Å²) in [5.74, 6) is 0. The summed E-state index contributed by atoms with van der Waals surface area (Å²) < 4.78 is 2.59. The Balaban J connectivity index is 1.13. The summed E-state index contributed by atoms with van der Waals surface area (Å²) in [7, 11) is 0. The van der Waals surface area contributed by atoms with Crippen LogP contribution in [0.15, 0.2) is 200 Å². The van der Waals surface area contributed by atoms with Crippen LogP contribution in [0.25, 0.3) is 75.1 Å². The molecule has 1 nitrogen and oxygen atoms in total. The Morgan fingerprint density at radius 2 is 0.962 bits per heavy atom. The van der Waals surface area contributed by atoms with Crippen LogP contribution < -0.4 is 4.90 Å². The SMILES string of the molecule is c1ccc(-c2cc(-c3ccc(N(c4cccc(-c5ccc6ccccc6c5)c4)c4cccc5sc6ccccc6c45)cc3)cc3ccccc23)cc1. The number of thiophene rings is 1. The van der Waals surface area contributed by atoms with Gasteiger partial charge >= 0.3 is 0 Å². The fourth-order valence-corrected chi connectivity index (χ4v) is 8.83. The third-order valence-electron chi connectivity index (χ3n) is 10.2. The van der Waals surface area contributed by atoms with Crippen LogP contribution in [0.2, 0.25) is 0 Å². The number of hydrogen-bond acceptors (Lipinski definition) is 2. The Labute approximate surface area is 307 Å². The predicted octanol–water partition coefficient (Wildman–Crippen LogP) is 14.8. The molecule has 0 radical (unpaired) electrons. The van der Waals surface area contributed by atoms with Gasteiger partial charge in [-0.3, -0.25) is 0 Å². The molecule has 1 heterocycles. The van der Waals surface area contributed by atoms with Crippen LogP contribution >= 0.6 is 11.3 Å². The molecule has 10 rings (SSSR count). The quantitative estimate of drug-likeness (QED) is 0.169. The first-order valence-electron chi connectivity index (χ1n) is 17.8. The predicted molar refractivity (Wildman–Crippen MR) is 225 cm³/mol. The number of benzene rings is 9. The smallest absolute Gasteiger partial charge is 0.0554 e. The molecule has 0 amide bonds. The second-order valence-corrected chi connectivity index (χ2v) is 14.4. The van der Waals surface area contributed by atoms with Crippen molar-refractivity contribution in [1.29, 1.82) is 0 Å². The summed E-state index contributed by atoms with van der Waals surface area (Å²) in [5.41, 5.74) is 10.7. The van der Waals surface area contributed by atoms with Crippen LogP contribution in [0.3, 0.4) is 0 Å². The highest BCUT2D eigenvalue weighted by atomic mass is 32.1. The zero-order valence-electron chi connectivity index (χ0n) is 28.4. The summed E-state index contributed by atoms with van der Waals surface area (Å²) in [4.78, 5) is 2.44. The van der Waals surface area contributed by atoms with Crippen molar-refractivity contribution in [3.8, 4) is 33.4 Å². The van der Waals surface area contributed by atoms with Gasteiger partial charge in [0, 0.05) is 31.5 Å². The van der Waals surface area contributed by atoms with Gasteiger partial charge in [-0.15, -0.1) is 11.3 Å². The number of hydrogen-bond donors (Lipinski definition) is 0. The molecule has 1 aromatic heterocycles. The Bertz CT molecular complexity index is 2900. The zero-order valence-corrected chi connectivity index (χ0v) is 29.2. The first-order valence-corrected chi connectivity index (χ1v) is 18.6. The van der Waals surface area contributed by atoms with Gasteiger partial charge in [0.05, 0.1) is 5.69 Å². The molecule has 10 aromatic rings. The summed E-state index contributed by atoms with van der Waals surface area (Å²) in [6.07, 6.45) is 0. The molecule has 244 valence electrons. The van der Waals surface area contributed by atoms with Crippen LogP contribution in [-0.4, -0.2) is 0 Å². The molecule has 0 N–H and O–H groups in total. The van der Waals surface area contributed by atoms with E-state index in [4.69, 9.17) is 0 Å². The van der Waals surface area contributed by atoms with Gasteiger partial charge in [-0.05, 0) is 116 Å². The van der Waals surface area contributed by atoms with Gasteiger partial charge in [0.15, 0.2) is 0 Å². The van der Waals surface area contributed by atoms with Gasteiger partial charge in [0.2, 0.25) is 0 Å². The van der Waals surface area contributed by atoms with Gasteiger partial charge in [-0.25, -0.2) is 0 Å². The molecule has 9 aromatic carbocycles. The molecule has 2 heteroatoms. The van der Waals surface area contributed by atoms with Crippen molar-refractivity contribution < 1.29 is 0 Å². The topological polar surface area (TPSA) is 3.24 Å². The highest BCUT2D eigenvalue weighted by molar-refractivity contribution is 7.26. The lowest BCUT2D eigenvalue weighted by atomic mass is 9.93. The van der Waals surface area contributed by atoms with Crippen molar-refractivity contribution >= 4 is 70.1 Å². The lowest BCUT2D eigenvalue weighted by Gasteiger charge is -2.27. The summed E-state index contributed by atoms with van der Waals surface area (Å²) in [5, 5.41) is 7.58. The van der Waals surface area contributed by atoms with E-state index < -0.39 is 0 Å². The van der Waals surface area contributed by atoms with E-state index in [1.807, 2.05) is 11.3 Å². The number of anilines is 3. The normalized spacial score (nSPS) is 11.5. The van der Waals surface area contributed by atoms with E-state index in [0.717, 1.165) is 11.4 Å². The van der Waals surface area contributed by atoms with Crippen LogP contribution in [0.5, 0.6) is 0 Å². The van der Waals surface area contributed by atoms with Crippen molar-refractivity contribution in [2.45, 2.75) is 0 Å². The standard InChI is InChI=1S/C50H33NS/c1-2-13-36(14-3-1)46-33-41(31-40-16-6-7-19-44(40)46)35-26-28-42(29-27-35)51(47-21-11-23-49-50(47)45-20-8-9-22-48(45)52-49)43-18-10-17-38(32-43)39-25-24-34-12-4-5-15-37(34)30-39/h1-33H. The lowest BCUT2D eigenvalue weighted by Crippen LogP contribution is -2.10. The molecule has 0 atom stereocenters. The fourth-order valence-electron chi connectivity index (χ4n) is 7.70. The average molecular weight is 680 g/mol. The second-order valence-electron chi connectivity index (χ2n) is 13.4. The van der Waals surface area contributed by atoms with Gasteiger partial charge in [0.25, 0.3) is 0 Å². The summed E-state index contributed by atoms with van der Waals surface area (Å²) in [6.45, 7) is 0. The number of rotatable bonds is 6.